The molecule has 0 spiro atoms. The summed E-state index contributed by atoms with van der Waals surface area (Å²) >= 11 is 0. The minimum absolute atomic E-state index is 0.201. The van der Waals surface area contributed by atoms with Gasteiger partial charge in [-0.05, 0) is 45.4 Å². The molecule has 1 saturated heterocycles. The summed E-state index contributed by atoms with van der Waals surface area (Å²) in [6.45, 7) is 10.2. The van der Waals surface area contributed by atoms with Gasteiger partial charge in [-0.15, -0.1) is 0 Å². The number of likely N-dealkylation sites (tertiary alicyclic amines) is 1. The lowest BCUT2D eigenvalue weighted by molar-refractivity contribution is 0.0491. The number of rotatable bonds is 3. The van der Waals surface area contributed by atoms with Crippen LogP contribution in [-0.2, 0) is 11.3 Å². The number of nitrogens with one attached hydrogen (secondary N) is 1. The van der Waals surface area contributed by atoms with Crippen LogP contribution < -0.4 is 5.32 Å². The molecule has 3 atom stereocenters. The van der Waals surface area contributed by atoms with Crippen molar-refractivity contribution < 1.29 is 14.1 Å². The van der Waals surface area contributed by atoms with Crippen LogP contribution in [0, 0.1) is 18.8 Å². The number of hydrogen-bond acceptors (Lipinski definition) is 6. The normalized spacial score (nSPS) is 27.9. The minimum Gasteiger partial charge on any atom is -0.444 e. The molecule has 0 bridgehead atoms. The maximum Gasteiger partial charge on any atom is 0.407 e. The summed E-state index contributed by atoms with van der Waals surface area (Å²) in [5.41, 5.74) is -0.458. The molecule has 7 heteroatoms. The van der Waals surface area contributed by atoms with E-state index < -0.39 is 5.60 Å². The molecule has 2 heterocycles. The van der Waals surface area contributed by atoms with Crippen molar-refractivity contribution in [2.24, 2.45) is 11.8 Å². The fourth-order valence-electron chi connectivity index (χ4n) is 3.73. The molecule has 0 unspecified atom stereocenters. The van der Waals surface area contributed by atoms with Crippen LogP contribution in [0.25, 0.3) is 0 Å². The Morgan fingerprint density at radius 1 is 1.39 bits per heavy atom. The smallest absolute Gasteiger partial charge is 0.407 e. The first kappa shape index (κ1) is 16.2. The number of carbonyl (C=O) groups is 1. The van der Waals surface area contributed by atoms with Crippen molar-refractivity contribution in [3.8, 4) is 0 Å². The number of aromatic nitrogens is 2. The molecule has 1 aliphatic heterocycles. The van der Waals surface area contributed by atoms with Crippen molar-refractivity contribution in [1.82, 2.24) is 20.4 Å². The quantitative estimate of drug-likeness (QED) is 0.918. The van der Waals surface area contributed by atoms with E-state index in [0.717, 1.165) is 31.8 Å². The molecule has 128 valence electrons. The van der Waals surface area contributed by atoms with E-state index in [1.165, 1.54) is 0 Å². The van der Waals surface area contributed by atoms with E-state index in [1.807, 2.05) is 20.8 Å². The van der Waals surface area contributed by atoms with Crippen molar-refractivity contribution in [2.45, 2.75) is 58.7 Å². The highest BCUT2D eigenvalue weighted by atomic mass is 16.6. The number of fused-ring (bicyclic) bond motifs is 1. The summed E-state index contributed by atoms with van der Waals surface area (Å²) in [6, 6.07) is 0.201. The Kier molecular flexibility index (Phi) is 4.31. The second-order valence-electron chi connectivity index (χ2n) is 7.68. The number of alkyl carbamates (subject to hydrolysis) is 1. The summed E-state index contributed by atoms with van der Waals surface area (Å²) in [5.74, 6) is 2.45. The van der Waals surface area contributed by atoms with Gasteiger partial charge in [0.2, 0.25) is 5.89 Å². The van der Waals surface area contributed by atoms with Gasteiger partial charge in [0.05, 0.1) is 6.54 Å². The fraction of sp³-hybridized carbons (Fsp3) is 0.812. The Morgan fingerprint density at radius 3 is 2.83 bits per heavy atom. The highest BCUT2D eigenvalue weighted by molar-refractivity contribution is 5.68. The summed E-state index contributed by atoms with van der Waals surface area (Å²) in [6.07, 6.45) is 1.87. The van der Waals surface area contributed by atoms with Crippen LogP contribution >= 0.6 is 0 Å². The number of hydrogen-bond donors (Lipinski definition) is 1. The van der Waals surface area contributed by atoms with E-state index in [9.17, 15) is 4.79 Å². The van der Waals surface area contributed by atoms with E-state index >= 15 is 0 Å². The predicted molar refractivity (Wildman–Crippen MR) is 83.7 cm³/mol. The van der Waals surface area contributed by atoms with Gasteiger partial charge < -0.3 is 14.6 Å². The Balaban J connectivity index is 1.53. The Labute approximate surface area is 136 Å². The lowest BCUT2D eigenvalue weighted by Gasteiger charge is -2.24. The van der Waals surface area contributed by atoms with Gasteiger partial charge in [-0.2, -0.15) is 4.98 Å². The standard InChI is InChI=1S/C16H26N4O3/c1-10-17-14(19-23-10)9-20-7-11-5-6-13(12(11)8-20)18-15(21)22-16(2,3)4/h11-13H,5-9H2,1-4H3,(H,18,21)/t11-,12+,13-/m0/s1. The number of carbonyl (C=O) groups excluding carboxylic acids is 1. The number of aryl methyl sites for hydroxylation is 1. The van der Waals surface area contributed by atoms with Gasteiger partial charge in [-0.3, -0.25) is 4.90 Å². The summed E-state index contributed by atoms with van der Waals surface area (Å²) < 4.78 is 10.4. The first-order valence-electron chi connectivity index (χ1n) is 8.31. The van der Waals surface area contributed by atoms with Crippen molar-refractivity contribution in [2.75, 3.05) is 13.1 Å². The SMILES string of the molecule is Cc1nc(CN2C[C@@H]3CC[C@H](NC(=O)OC(C)(C)C)[C@@H]3C2)no1. The molecule has 2 fully saturated rings. The van der Waals surface area contributed by atoms with Crippen molar-refractivity contribution in [3.63, 3.8) is 0 Å². The van der Waals surface area contributed by atoms with Crippen LogP contribution in [0.5, 0.6) is 0 Å². The molecule has 1 aromatic rings. The first-order valence-corrected chi connectivity index (χ1v) is 8.31. The van der Waals surface area contributed by atoms with Gasteiger partial charge in [0.25, 0.3) is 0 Å². The monoisotopic (exact) mass is 322 g/mol. The third kappa shape index (κ3) is 4.02. The molecule has 0 aromatic carbocycles. The Bertz CT molecular complexity index is 566. The number of nitrogens with zero attached hydrogens (tertiary/aromatic N) is 3. The number of amides is 1. The zero-order chi connectivity index (χ0) is 16.6. The summed E-state index contributed by atoms with van der Waals surface area (Å²) in [5, 5.41) is 7.02. The van der Waals surface area contributed by atoms with Crippen molar-refractivity contribution in [3.05, 3.63) is 11.7 Å². The molecule has 0 radical (unpaired) electrons. The summed E-state index contributed by atoms with van der Waals surface area (Å²) in [4.78, 5) is 18.6. The molecule has 3 rings (SSSR count). The average Bonchev–Trinajstić information content (AvgIpc) is 3.06. The zero-order valence-electron chi connectivity index (χ0n) is 14.3. The fourth-order valence-corrected chi connectivity index (χ4v) is 3.73. The van der Waals surface area contributed by atoms with E-state index in [-0.39, 0.29) is 12.1 Å². The highest BCUT2D eigenvalue weighted by Gasteiger charge is 2.43. The van der Waals surface area contributed by atoms with E-state index in [4.69, 9.17) is 9.26 Å². The minimum atomic E-state index is -0.458. The molecular formula is C16H26N4O3. The summed E-state index contributed by atoms with van der Waals surface area (Å²) in [7, 11) is 0. The lowest BCUT2D eigenvalue weighted by atomic mass is 9.98. The van der Waals surface area contributed by atoms with Crippen LogP contribution in [0.4, 0.5) is 4.79 Å². The van der Waals surface area contributed by atoms with Crippen LogP contribution in [0.15, 0.2) is 4.52 Å². The van der Waals surface area contributed by atoms with Gasteiger partial charge in [0.1, 0.15) is 5.60 Å². The average molecular weight is 322 g/mol. The van der Waals surface area contributed by atoms with Gasteiger partial charge in [0.15, 0.2) is 5.82 Å². The Hall–Kier alpha value is -1.63. The molecule has 1 N–H and O–H groups in total. The van der Waals surface area contributed by atoms with Crippen molar-refractivity contribution in [1.29, 1.82) is 0 Å². The predicted octanol–water partition coefficient (Wildman–Crippen LogP) is 2.11. The molecule has 7 nitrogen and oxygen atoms in total. The molecule has 1 aromatic heterocycles. The molecule has 1 saturated carbocycles. The Morgan fingerprint density at radius 2 is 2.17 bits per heavy atom. The van der Waals surface area contributed by atoms with E-state index in [2.05, 4.69) is 20.4 Å². The van der Waals surface area contributed by atoms with Gasteiger partial charge >= 0.3 is 6.09 Å². The largest absolute Gasteiger partial charge is 0.444 e. The maximum atomic E-state index is 12.0. The van der Waals surface area contributed by atoms with Crippen LogP contribution in [0.1, 0.15) is 45.3 Å². The van der Waals surface area contributed by atoms with Crippen LogP contribution in [0.2, 0.25) is 0 Å². The second kappa shape index (κ2) is 6.11. The van der Waals surface area contributed by atoms with Crippen LogP contribution in [-0.4, -0.2) is 45.9 Å². The third-order valence-electron chi connectivity index (χ3n) is 4.57. The molecule has 1 amide bonds. The second-order valence-corrected chi connectivity index (χ2v) is 7.68. The number of ether oxygens (including phenoxy) is 1. The topological polar surface area (TPSA) is 80.5 Å². The van der Waals surface area contributed by atoms with Gasteiger partial charge in [0, 0.05) is 26.1 Å². The molecule has 1 aliphatic carbocycles. The van der Waals surface area contributed by atoms with E-state index in [0.29, 0.717) is 24.3 Å². The molecule has 2 aliphatic rings. The lowest BCUT2D eigenvalue weighted by Crippen LogP contribution is -2.42. The molecular weight excluding hydrogens is 296 g/mol. The third-order valence-corrected chi connectivity index (χ3v) is 4.57. The zero-order valence-corrected chi connectivity index (χ0v) is 14.3. The first-order chi connectivity index (χ1) is 10.8. The van der Waals surface area contributed by atoms with Gasteiger partial charge in [-0.25, -0.2) is 4.79 Å². The van der Waals surface area contributed by atoms with E-state index in [1.54, 1.807) is 6.92 Å². The van der Waals surface area contributed by atoms with Gasteiger partial charge in [-0.1, -0.05) is 5.16 Å². The molecule has 23 heavy (non-hydrogen) atoms. The van der Waals surface area contributed by atoms with Crippen LogP contribution in [0.3, 0.4) is 0 Å². The van der Waals surface area contributed by atoms with Crippen molar-refractivity contribution >= 4 is 6.09 Å². The highest BCUT2D eigenvalue weighted by Crippen LogP contribution is 2.38. The maximum absolute atomic E-state index is 12.0.